The van der Waals surface area contributed by atoms with E-state index >= 15 is 0 Å². The van der Waals surface area contributed by atoms with Crippen LogP contribution in [0.4, 0.5) is 4.39 Å². The largest absolute Gasteiger partial charge is 0.350 e. The summed E-state index contributed by atoms with van der Waals surface area (Å²) in [7, 11) is -4.16. The molecule has 0 atom stereocenters. The number of hydrogen-bond donors (Lipinski definition) is 1. The Morgan fingerprint density at radius 1 is 1.03 bits per heavy atom. The molecule has 2 heterocycles. The summed E-state index contributed by atoms with van der Waals surface area (Å²) >= 11 is 0. The van der Waals surface area contributed by atoms with Crippen molar-refractivity contribution >= 4 is 26.8 Å². The zero-order chi connectivity index (χ0) is 26.0. The smallest absolute Gasteiger partial charge is 0.240 e. The van der Waals surface area contributed by atoms with Gasteiger partial charge in [0.05, 0.1) is 10.3 Å². The molecular formula is C27H26FN3O4S. The molecule has 0 radical (unpaired) electrons. The van der Waals surface area contributed by atoms with Gasteiger partial charge in [-0.1, -0.05) is 38.1 Å². The highest BCUT2D eigenvalue weighted by Crippen LogP contribution is 2.23. The molecule has 2 aromatic heterocycles. The highest BCUT2D eigenvalue weighted by molar-refractivity contribution is 7.91. The molecule has 2 aromatic carbocycles. The molecule has 0 saturated carbocycles. The number of nitrogens with one attached hydrogen (secondary N) is 1. The van der Waals surface area contributed by atoms with E-state index in [0.717, 1.165) is 5.56 Å². The molecular weight excluding hydrogens is 481 g/mol. The molecule has 186 valence electrons. The summed E-state index contributed by atoms with van der Waals surface area (Å²) < 4.78 is 41.4. The summed E-state index contributed by atoms with van der Waals surface area (Å²) in [6, 6.07) is 15.3. The lowest BCUT2D eigenvalue weighted by molar-refractivity contribution is -0.121. The average molecular weight is 508 g/mol. The van der Waals surface area contributed by atoms with E-state index in [1.54, 1.807) is 37.3 Å². The number of sulfone groups is 1. The molecule has 0 aliphatic heterocycles. The normalized spacial score (nSPS) is 11.7. The Morgan fingerprint density at radius 2 is 1.69 bits per heavy atom. The molecule has 0 spiro atoms. The van der Waals surface area contributed by atoms with Crippen molar-refractivity contribution in [3.8, 4) is 0 Å². The third-order valence-electron chi connectivity index (χ3n) is 5.89. The summed E-state index contributed by atoms with van der Waals surface area (Å²) in [6.07, 6.45) is 1.18. The van der Waals surface area contributed by atoms with Crippen molar-refractivity contribution in [2.45, 2.75) is 49.6 Å². The Hall–Kier alpha value is -3.85. The van der Waals surface area contributed by atoms with Crippen molar-refractivity contribution in [1.29, 1.82) is 0 Å². The van der Waals surface area contributed by atoms with Crippen LogP contribution < -0.4 is 10.7 Å². The third-order valence-corrected chi connectivity index (χ3v) is 7.65. The van der Waals surface area contributed by atoms with Crippen LogP contribution in [-0.4, -0.2) is 23.9 Å². The maximum atomic E-state index is 13.5. The van der Waals surface area contributed by atoms with Crippen LogP contribution in [0.2, 0.25) is 0 Å². The SMILES string of the molecule is Cc1ccc2c(=O)c(S(=O)(=O)c3ccc(C(C)C)cc3)cn(CC(=O)NCc3ccc(F)cc3)c2n1. The third kappa shape index (κ3) is 5.21. The van der Waals surface area contributed by atoms with Gasteiger partial charge in [-0.2, -0.15) is 0 Å². The van der Waals surface area contributed by atoms with Crippen LogP contribution in [0, 0.1) is 12.7 Å². The molecule has 9 heteroatoms. The topological polar surface area (TPSA) is 98.1 Å². The van der Waals surface area contributed by atoms with Crippen LogP contribution in [0.25, 0.3) is 11.0 Å². The number of rotatable bonds is 7. The number of carbonyl (C=O) groups excluding carboxylic acids is 1. The van der Waals surface area contributed by atoms with Crippen LogP contribution >= 0.6 is 0 Å². The number of nitrogens with zero attached hydrogens (tertiary/aromatic N) is 2. The molecule has 0 fully saturated rings. The van der Waals surface area contributed by atoms with E-state index in [1.807, 2.05) is 13.8 Å². The van der Waals surface area contributed by atoms with Crippen molar-refractivity contribution in [2.24, 2.45) is 0 Å². The zero-order valence-electron chi connectivity index (χ0n) is 20.2. The van der Waals surface area contributed by atoms with E-state index in [0.29, 0.717) is 11.3 Å². The highest BCUT2D eigenvalue weighted by Gasteiger charge is 2.25. The molecule has 0 bridgehead atoms. The molecule has 1 N–H and O–H groups in total. The lowest BCUT2D eigenvalue weighted by Crippen LogP contribution is -2.29. The number of aromatic nitrogens is 2. The monoisotopic (exact) mass is 507 g/mol. The summed E-state index contributed by atoms with van der Waals surface area (Å²) in [5.74, 6) is -0.571. The Labute approximate surface area is 208 Å². The maximum absolute atomic E-state index is 13.5. The molecule has 0 unspecified atom stereocenters. The molecule has 1 amide bonds. The average Bonchev–Trinajstić information content (AvgIpc) is 2.85. The number of fused-ring (bicyclic) bond motifs is 1. The molecule has 36 heavy (non-hydrogen) atoms. The molecule has 4 aromatic rings. The first-order valence-electron chi connectivity index (χ1n) is 11.4. The van der Waals surface area contributed by atoms with Crippen molar-refractivity contribution in [3.63, 3.8) is 0 Å². The highest BCUT2D eigenvalue weighted by atomic mass is 32.2. The molecule has 4 rings (SSSR count). The Morgan fingerprint density at radius 3 is 2.33 bits per heavy atom. The lowest BCUT2D eigenvalue weighted by atomic mass is 10.0. The van der Waals surface area contributed by atoms with Gasteiger partial charge in [-0.15, -0.1) is 0 Å². The second-order valence-corrected chi connectivity index (χ2v) is 10.8. The van der Waals surface area contributed by atoms with E-state index in [-0.39, 0.29) is 40.8 Å². The predicted octanol–water partition coefficient (Wildman–Crippen LogP) is 4.12. The maximum Gasteiger partial charge on any atom is 0.240 e. The number of pyridine rings is 2. The first-order chi connectivity index (χ1) is 17.1. The fraction of sp³-hybridized carbons (Fsp3) is 0.222. The zero-order valence-corrected chi connectivity index (χ0v) is 21.0. The second-order valence-electron chi connectivity index (χ2n) is 8.90. The minimum atomic E-state index is -4.16. The van der Waals surface area contributed by atoms with Crippen LogP contribution in [0.5, 0.6) is 0 Å². The number of carbonyl (C=O) groups is 1. The fourth-order valence-electron chi connectivity index (χ4n) is 3.82. The summed E-state index contributed by atoms with van der Waals surface area (Å²) in [5.41, 5.74) is 1.83. The number of aryl methyl sites for hydroxylation is 1. The van der Waals surface area contributed by atoms with Crippen LogP contribution in [-0.2, 0) is 27.7 Å². The van der Waals surface area contributed by atoms with E-state index in [2.05, 4.69) is 10.3 Å². The first-order valence-corrected chi connectivity index (χ1v) is 12.9. The van der Waals surface area contributed by atoms with Crippen LogP contribution in [0.1, 0.15) is 36.6 Å². The first kappa shape index (κ1) is 25.2. The summed E-state index contributed by atoms with van der Waals surface area (Å²) in [6.45, 7) is 5.65. The van der Waals surface area contributed by atoms with Gasteiger partial charge >= 0.3 is 0 Å². The summed E-state index contributed by atoms with van der Waals surface area (Å²) in [4.78, 5) is 29.9. The van der Waals surface area contributed by atoms with Crippen molar-refractivity contribution in [3.05, 3.63) is 99.7 Å². The second kappa shape index (κ2) is 10.0. The van der Waals surface area contributed by atoms with Gasteiger partial charge in [-0.05, 0) is 60.4 Å². The standard InChI is InChI=1S/C27H26FN3O4S/c1-17(2)20-7-11-22(12-8-20)36(34,35)24-15-31(27-23(26(24)33)13-4-18(3)30-27)16-25(32)29-14-19-5-9-21(28)10-6-19/h4-13,15,17H,14,16H2,1-3H3,(H,29,32). The number of hydrogen-bond acceptors (Lipinski definition) is 5. The van der Waals surface area contributed by atoms with Gasteiger partial charge in [-0.25, -0.2) is 17.8 Å². The number of benzene rings is 2. The summed E-state index contributed by atoms with van der Waals surface area (Å²) in [5, 5.41) is 2.83. The van der Waals surface area contributed by atoms with E-state index in [4.69, 9.17) is 0 Å². The number of amides is 1. The van der Waals surface area contributed by atoms with Gasteiger partial charge in [0.25, 0.3) is 0 Å². The van der Waals surface area contributed by atoms with Crippen LogP contribution in [0.3, 0.4) is 0 Å². The van der Waals surface area contributed by atoms with E-state index in [9.17, 15) is 22.4 Å². The van der Waals surface area contributed by atoms with Crippen LogP contribution in [0.15, 0.2) is 81.4 Å². The van der Waals surface area contributed by atoms with Gasteiger partial charge < -0.3 is 9.88 Å². The molecule has 7 nitrogen and oxygen atoms in total. The van der Waals surface area contributed by atoms with Gasteiger partial charge in [0.15, 0.2) is 0 Å². The lowest BCUT2D eigenvalue weighted by Gasteiger charge is -2.14. The van der Waals surface area contributed by atoms with Gasteiger partial charge in [0.2, 0.25) is 21.2 Å². The van der Waals surface area contributed by atoms with Crippen molar-refractivity contribution in [1.82, 2.24) is 14.9 Å². The predicted molar refractivity (Wildman–Crippen MR) is 135 cm³/mol. The van der Waals surface area contributed by atoms with Crippen molar-refractivity contribution in [2.75, 3.05) is 0 Å². The molecule has 0 aliphatic rings. The minimum absolute atomic E-state index is 0.00395. The molecule has 0 saturated heterocycles. The minimum Gasteiger partial charge on any atom is -0.350 e. The Kier molecular flexibility index (Phi) is 7.03. The molecule has 0 aliphatic carbocycles. The van der Waals surface area contributed by atoms with E-state index in [1.165, 1.54) is 41.1 Å². The van der Waals surface area contributed by atoms with Gasteiger partial charge in [0, 0.05) is 18.4 Å². The van der Waals surface area contributed by atoms with E-state index < -0.39 is 26.1 Å². The van der Waals surface area contributed by atoms with Gasteiger partial charge in [-0.3, -0.25) is 9.59 Å². The van der Waals surface area contributed by atoms with Crippen molar-refractivity contribution < 1.29 is 17.6 Å². The quantitative estimate of drug-likeness (QED) is 0.406. The Balaban J connectivity index is 1.72. The fourth-order valence-corrected chi connectivity index (χ4v) is 5.19. The Bertz CT molecular complexity index is 1590. The number of halogens is 1. The van der Waals surface area contributed by atoms with Gasteiger partial charge in [0.1, 0.15) is 22.9 Å².